The summed E-state index contributed by atoms with van der Waals surface area (Å²) in [5, 5.41) is 0. The highest BCUT2D eigenvalue weighted by Crippen LogP contribution is 2.25. The van der Waals surface area contributed by atoms with E-state index in [9.17, 15) is 0 Å². The first-order valence-corrected chi connectivity index (χ1v) is 7.54. The summed E-state index contributed by atoms with van der Waals surface area (Å²) in [6, 6.07) is 2.28. The Bertz CT molecular complexity index is 376. The van der Waals surface area contributed by atoms with E-state index in [1.54, 1.807) is 7.11 Å². The maximum absolute atomic E-state index is 5.71. The predicted molar refractivity (Wildman–Crippen MR) is 76.8 cm³/mol. The second kappa shape index (κ2) is 6.66. The molecule has 1 aliphatic rings. The van der Waals surface area contributed by atoms with Crippen LogP contribution in [0.1, 0.15) is 28.2 Å². The van der Waals surface area contributed by atoms with Gasteiger partial charge in [0.1, 0.15) is 0 Å². The molecule has 0 aliphatic carbocycles. The van der Waals surface area contributed by atoms with E-state index >= 15 is 0 Å². The highest BCUT2D eigenvalue weighted by atomic mass is 32.1. The molecule has 2 rings (SSSR count). The summed E-state index contributed by atoms with van der Waals surface area (Å²) < 4.78 is 5.28. The number of rotatable bonds is 5. The lowest BCUT2D eigenvalue weighted by atomic mass is 9.98. The monoisotopic (exact) mass is 268 g/mol. The van der Waals surface area contributed by atoms with Gasteiger partial charge in [-0.25, -0.2) is 0 Å². The summed E-state index contributed by atoms with van der Waals surface area (Å²) in [6.45, 7) is 7.22. The van der Waals surface area contributed by atoms with E-state index in [0.717, 1.165) is 13.2 Å². The quantitative estimate of drug-likeness (QED) is 0.891. The molecule has 1 unspecified atom stereocenters. The van der Waals surface area contributed by atoms with Gasteiger partial charge in [0.25, 0.3) is 0 Å². The number of nitrogens with two attached hydrogens (primary N) is 1. The van der Waals surface area contributed by atoms with Crippen molar-refractivity contribution in [2.45, 2.75) is 32.9 Å². The van der Waals surface area contributed by atoms with Gasteiger partial charge in [0.2, 0.25) is 0 Å². The maximum Gasteiger partial charge on any atom is 0.0502 e. The van der Waals surface area contributed by atoms with Crippen molar-refractivity contribution in [3.8, 4) is 0 Å². The fourth-order valence-electron chi connectivity index (χ4n) is 2.75. The van der Waals surface area contributed by atoms with Gasteiger partial charge in [-0.15, -0.1) is 11.3 Å². The molecule has 0 radical (unpaired) electrons. The molecular formula is C14H24N2OS. The molecule has 1 aromatic rings. The third-order valence-electron chi connectivity index (χ3n) is 3.67. The van der Waals surface area contributed by atoms with Crippen molar-refractivity contribution >= 4 is 11.3 Å². The van der Waals surface area contributed by atoms with Crippen LogP contribution in [0.2, 0.25) is 0 Å². The molecule has 0 saturated carbocycles. The average Bonchev–Trinajstić information content (AvgIpc) is 2.71. The third-order valence-corrected chi connectivity index (χ3v) is 4.79. The first-order valence-electron chi connectivity index (χ1n) is 6.72. The van der Waals surface area contributed by atoms with Crippen LogP contribution in [0.25, 0.3) is 0 Å². The minimum absolute atomic E-state index is 0.664. The summed E-state index contributed by atoms with van der Waals surface area (Å²) in [6.07, 6.45) is 2.60. The third kappa shape index (κ3) is 3.54. The number of nitrogens with zero attached hydrogens (tertiary/aromatic N) is 1. The largest absolute Gasteiger partial charge is 0.384 e. The molecule has 4 heteroatoms. The number of thiophene rings is 1. The molecule has 1 atom stereocenters. The van der Waals surface area contributed by atoms with Gasteiger partial charge in [0, 0.05) is 36.5 Å². The van der Waals surface area contributed by atoms with Crippen molar-refractivity contribution in [2.75, 3.05) is 26.8 Å². The van der Waals surface area contributed by atoms with Crippen molar-refractivity contribution in [1.29, 1.82) is 0 Å². The average molecular weight is 268 g/mol. The van der Waals surface area contributed by atoms with Gasteiger partial charge in [-0.3, -0.25) is 4.90 Å². The second-order valence-corrected chi connectivity index (χ2v) is 6.54. The Morgan fingerprint density at radius 3 is 3.06 bits per heavy atom. The Morgan fingerprint density at radius 1 is 1.56 bits per heavy atom. The van der Waals surface area contributed by atoms with Crippen LogP contribution >= 0.6 is 11.3 Å². The molecule has 1 saturated heterocycles. The molecule has 3 nitrogen and oxygen atoms in total. The van der Waals surface area contributed by atoms with Crippen LogP contribution in [0.15, 0.2) is 6.07 Å². The number of aryl methyl sites for hydroxylation is 1. The standard InChI is InChI=1S/C14H24N2OS/c1-11-13(6-14(7-15)18-11)9-16-5-3-4-12(8-16)10-17-2/h6,12H,3-5,7-10,15H2,1-2H3. The number of hydrogen-bond acceptors (Lipinski definition) is 4. The van der Waals surface area contributed by atoms with Gasteiger partial charge in [-0.2, -0.15) is 0 Å². The smallest absolute Gasteiger partial charge is 0.0502 e. The Balaban J connectivity index is 1.93. The first-order chi connectivity index (χ1) is 8.72. The zero-order valence-corrected chi connectivity index (χ0v) is 12.3. The van der Waals surface area contributed by atoms with Crippen molar-refractivity contribution in [2.24, 2.45) is 11.7 Å². The Morgan fingerprint density at radius 2 is 2.39 bits per heavy atom. The van der Waals surface area contributed by atoms with Gasteiger partial charge >= 0.3 is 0 Å². The first kappa shape index (κ1) is 14.0. The van der Waals surface area contributed by atoms with E-state index in [0.29, 0.717) is 12.5 Å². The van der Waals surface area contributed by atoms with Crippen LogP contribution < -0.4 is 5.73 Å². The summed E-state index contributed by atoms with van der Waals surface area (Å²) in [5.41, 5.74) is 7.16. The van der Waals surface area contributed by atoms with Crippen LogP contribution in [0.4, 0.5) is 0 Å². The second-order valence-electron chi connectivity index (χ2n) is 5.20. The summed E-state index contributed by atoms with van der Waals surface area (Å²) in [7, 11) is 1.80. The summed E-state index contributed by atoms with van der Waals surface area (Å²) in [4.78, 5) is 5.28. The fourth-order valence-corrected chi connectivity index (χ4v) is 3.69. The summed E-state index contributed by atoms with van der Waals surface area (Å²) >= 11 is 1.84. The molecular weight excluding hydrogens is 244 g/mol. The molecule has 0 aromatic carbocycles. The number of ether oxygens (including phenoxy) is 1. The molecule has 1 aromatic heterocycles. The lowest BCUT2D eigenvalue weighted by molar-refractivity contribution is 0.0873. The molecule has 0 spiro atoms. The number of hydrogen-bond donors (Lipinski definition) is 1. The van der Waals surface area contributed by atoms with Crippen LogP contribution in [0.5, 0.6) is 0 Å². The van der Waals surface area contributed by atoms with E-state index in [-0.39, 0.29) is 0 Å². The summed E-state index contributed by atoms with van der Waals surface area (Å²) in [5.74, 6) is 0.705. The van der Waals surface area contributed by atoms with Gasteiger partial charge in [-0.05, 0) is 43.9 Å². The highest BCUT2D eigenvalue weighted by Gasteiger charge is 2.20. The zero-order valence-electron chi connectivity index (χ0n) is 11.4. The van der Waals surface area contributed by atoms with Gasteiger partial charge in [0.15, 0.2) is 0 Å². The SMILES string of the molecule is COCC1CCCN(Cc2cc(CN)sc2C)C1. The Labute approximate surface area is 114 Å². The van der Waals surface area contributed by atoms with Crippen LogP contribution in [-0.2, 0) is 17.8 Å². The number of methoxy groups -OCH3 is 1. The van der Waals surface area contributed by atoms with Crippen LogP contribution in [0, 0.1) is 12.8 Å². The zero-order chi connectivity index (χ0) is 13.0. The van der Waals surface area contributed by atoms with E-state index in [2.05, 4.69) is 17.9 Å². The normalized spacial score (nSPS) is 21.4. The molecule has 2 heterocycles. The topological polar surface area (TPSA) is 38.5 Å². The Kier molecular flexibility index (Phi) is 5.18. The van der Waals surface area contributed by atoms with E-state index in [4.69, 9.17) is 10.5 Å². The highest BCUT2D eigenvalue weighted by molar-refractivity contribution is 7.12. The molecule has 2 N–H and O–H groups in total. The molecule has 1 aliphatic heterocycles. The lowest BCUT2D eigenvalue weighted by Gasteiger charge is -2.32. The number of piperidine rings is 1. The minimum atomic E-state index is 0.664. The van der Waals surface area contributed by atoms with E-state index in [1.165, 1.54) is 41.2 Å². The minimum Gasteiger partial charge on any atom is -0.384 e. The maximum atomic E-state index is 5.71. The molecule has 0 bridgehead atoms. The van der Waals surface area contributed by atoms with Crippen LogP contribution in [0.3, 0.4) is 0 Å². The number of likely N-dealkylation sites (tertiary alicyclic amines) is 1. The van der Waals surface area contributed by atoms with Crippen molar-refractivity contribution in [3.05, 3.63) is 21.4 Å². The van der Waals surface area contributed by atoms with Gasteiger partial charge < -0.3 is 10.5 Å². The van der Waals surface area contributed by atoms with Crippen molar-refractivity contribution in [3.63, 3.8) is 0 Å². The molecule has 0 amide bonds. The molecule has 1 fully saturated rings. The fraction of sp³-hybridized carbons (Fsp3) is 0.714. The van der Waals surface area contributed by atoms with E-state index in [1.807, 2.05) is 11.3 Å². The van der Waals surface area contributed by atoms with E-state index < -0.39 is 0 Å². The molecule has 102 valence electrons. The Hall–Kier alpha value is -0.420. The predicted octanol–water partition coefficient (Wildman–Crippen LogP) is 2.37. The van der Waals surface area contributed by atoms with Crippen LogP contribution in [-0.4, -0.2) is 31.7 Å². The van der Waals surface area contributed by atoms with Crippen molar-refractivity contribution < 1.29 is 4.74 Å². The lowest BCUT2D eigenvalue weighted by Crippen LogP contribution is -2.36. The van der Waals surface area contributed by atoms with Gasteiger partial charge in [0.05, 0.1) is 6.61 Å². The van der Waals surface area contributed by atoms with Gasteiger partial charge in [-0.1, -0.05) is 0 Å². The molecule has 18 heavy (non-hydrogen) atoms. The van der Waals surface area contributed by atoms with Crippen molar-refractivity contribution in [1.82, 2.24) is 4.90 Å².